The van der Waals surface area contributed by atoms with Crippen molar-refractivity contribution >= 4 is 23.6 Å². The van der Waals surface area contributed by atoms with Crippen molar-refractivity contribution in [3.05, 3.63) is 0 Å². The number of carboxylic acid groups (broad SMARTS) is 1. The number of hydrogen-bond acceptors (Lipinski definition) is 4. The summed E-state index contributed by atoms with van der Waals surface area (Å²) >= 11 is 1.76. The summed E-state index contributed by atoms with van der Waals surface area (Å²) in [5.41, 5.74) is 0. The van der Waals surface area contributed by atoms with Gasteiger partial charge in [-0.15, -0.1) is 11.8 Å². The summed E-state index contributed by atoms with van der Waals surface area (Å²) in [6, 6.07) is 0. The second kappa shape index (κ2) is 6.43. The van der Waals surface area contributed by atoms with Gasteiger partial charge in [-0.25, -0.2) is 0 Å². The quantitative estimate of drug-likeness (QED) is 0.811. The zero-order chi connectivity index (χ0) is 13.0. The van der Waals surface area contributed by atoms with Gasteiger partial charge in [-0.05, 0) is 25.0 Å². The number of carbonyl (C=O) groups excluding carboxylic acids is 1. The number of amides is 1. The maximum Gasteiger partial charge on any atom is 0.317 e. The molecular weight excluding hydrogens is 252 g/mol. The van der Waals surface area contributed by atoms with Crippen molar-refractivity contribution in [1.82, 2.24) is 9.80 Å². The van der Waals surface area contributed by atoms with E-state index in [0.29, 0.717) is 13.1 Å². The second-order valence-corrected chi connectivity index (χ2v) is 6.16. The Bertz CT molecular complexity index is 318. The van der Waals surface area contributed by atoms with Crippen LogP contribution in [-0.2, 0) is 9.59 Å². The molecule has 0 aromatic heterocycles. The average molecular weight is 272 g/mol. The minimum atomic E-state index is -0.791. The predicted octanol–water partition coefficient (Wildman–Crippen LogP) is 0.501. The van der Waals surface area contributed by atoms with Gasteiger partial charge in [-0.2, -0.15) is 0 Å². The summed E-state index contributed by atoms with van der Waals surface area (Å²) in [4.78, 5) is 26.8. The molecule has 0 saturated carbocycles. The van der Waals surface area contributed by atoms with Gasteiger partial charge in [-0.1, -0.05) is 0 Å². The molecule has 0 bridgehead atoms. The van der Waals surface area contributed by atoms with Crippen LogP contribution in [0.4, 0.5) is 0 Å². The Hall–Kier alpha value is -0.750. The average Bonchev–Trinajstić information content (AvgIpc) is 2.76. The molecule has 5 nitrogen and oxygen atoms in total. The van der Waals surface area contributed by atoms with Crippen LogP contribution < -0.4 is 0 Å². The van der Waals surface area contributed by atoms with Crippen LogP contribution in [0.2, 0.25) is 0 Å². The first-order chi connectivity index (χ1) is 8.66. The van der Waals surface area contributed by atoms with Crippen molar-refractivity contribution in [2.75, 3.05) is 38.5 Å². The third-order valence-electron chi connectivity index (χ3n) is 3.46. The lowest BCUT2D eigenvalue weighted by Gasteiger charge is -2.23. The van der Waals surface area contributed by atoms with Crippen LogP contribution in [0, 0.1) is 0 Å². The van der Waals surface area contributed by atoms with Gasteiger partial charge in [0.05, 0.1) is 11.8 Å². The third-order valence-corrected chi connectivity index (χ3v) is 4.83. The molecule has 2 heterocycles. The number of nitrogens with zero attached hydrogens (tertiary/aromatic N) is 2. The smallest absolute Gasteiger partial charge is 0.317 e. The molecular formula is C12H20N2O3S. The van der Waals surface area contributed by atoms with Gasteiger partial charge < -0.3 is 10.0 Å². The normalized spacial score (nSPS) is 26.0. The number of thioether (sulfide) groups is 1. The maximum atomic E-state index is 12.3. The molecule has 18 heavy (non-hydrogen) atoms. The lowest BCUT2D eigenvalue weighted by molar-refractivity contribution is -0.138. The highest BCUT2D eigenvalue weighted by atomic mass is 32.2. The number of carboxylic acids is 1. The predicted molar refractivity (Wildman–Crippen MR) is 70.8 cm³/mol. The molecule has 1 unspecified atom stereocenters. The highest BCUT2D eigenvalue weighted by molar-refractivity contribution is 8.00. The van der Waals surface area contributed by atoms with E-state index in [2.05, 4.69) is 0 Å². The van der Waals surface area contributed by atoms with E-state index >= 15 is 0 Å². The fourth-order valence-electron chi connectivity index (χ4n) is 2.52. The van der Waals surface area contributed by atoms with Gasteiger partial charge >= 0.3 is 5.97 Å². The zero-order valence-electron chi connectivity index (χ0n) is 10.5. The maximum absolute atomic E-state index is 12.3. The molecule has 2 rings (SSSR count). The lowest BCUT2D eigenvalue weighted by Crippen LogP contribution is -2.40. The largest absolute Gasteiger partial charge is 0.480 e. The summed E-state index contributed by atoms with van der Waals surface area (Å²) < 4.78 is 0. The molecule has 1 atom stereocenters. The first-order valence-corrected chi connectivity index (χ1v) is 7.56. The summed E-state index contributed by atoms with van der Waals surface area (Å²) in [6.07, 6.45) is 3.01. The Labute approximate surface area is 112 Å². The first kappa shape index (κ1) is 13.7. The molecule has 0 aliphatic carbocycles. The standard InChI is InChI=1S/C12H20N2O3S/c15-11(16)9-13-4-2-5-14(7-6-13)12(17)10-3-1-8-18-10/h10H,1-9H2,(H,15,16). The van der Waals surface area contributed by atoms with Crippen molar-refractivity contribution in [1.29, 1.82) is 0 Å². The fourth-order valence-corrected chi connectivity index (χ4v) is 3.76. The fraction of sp³-hybridized carbons (Fsp3) is 0.833. The molecule has 0 spiro atoms. The Morgan fingerprint density at radius 1 is 1.17 bits per heavy atom. The monoisotopic (exact) mass is 272 g/mol. The molecule has 2 aliphatic heterocycles. The Morgan fingerprint density at radius 2 is 2.00 bits per heavy atom. The van der Waals surface area contributed by atoms with E-state index in [1.165, 1.54) is 0 Å². The SMILES string of the molecule is O=C(O)CN1CCCN(C(=O)C2CCCS2)CC1. The van der Waals surface area contributed by atoms with Crippen LogP contribution in [0.25, 0.3) is 0 Å². The van der Waals surface area contributed by atoms with Crippen molar-refractivity contribution in [2.24, 2.45) is 0 Å². The molecule has 0 radical (unpaired) electrons. The van der Waals surface area contributed by atoms with Gasteiger partial charge in [-0.3, -0.25) is 14.5 Å². The Kier molecular flexibility index (Phi) is 4.88. The van der Waals surface area contributed by atoms with E-state index in [1.54, 1.807) is 11.8 Å². The van der Waals surface area contributed by atoms with Gasteiger partial charge in [0, 0.05) is 26.2 Å². The summed E-state index contributed by atoms with van der Waals surface area (Å²) in [6.45, 7) is 2.97. The van der Waals surface area contributed by atoms with Crippen LogP contribution in [0.1, 0.15) is 19.3 Å². The first-order valence-electron chi connectivity index (χ1n) is 6.51. The molecule has 2 saturated heterocycles. The lowest BCUT2D eigenvalue weighted by atomic mass is 10.2. The molecule has 0 aromatic carbocycles. The van der Waals surface area contributed by atoms with Crippen molar-refractivity contribution in [2.45, 2.75) is 24.5 Å². The van der Waals surface area contributed by atoms with Crippen LogP contribution in [0.15, 0.2) is 0 Å². The highest BCUT2D eigenvalue weighted by Gasteiger charge is 2.29. The molecule has 6 heteroatoms. The van der Waals surface area contributed by atoms with E-state index in [1.807, 2.05) is 9.80 Å². The van der Waals surface area contributed by atoms with Crippen LogP contribution >= 0.6 is 11.8 Å². The van der Waals surface area contributed by atoms with E-state index in [0.717, 1.165) is 38.1 Å². The molecule has 102 valence electrons. The summed E-state index contributed by atoms with van der Waals surface area (Å²) in [5.74, 6) is 0.561. The number of hydrogen-bond donors (Lipinski definition) is 1. The zero-order valence-corrected chi connectivity index (χ0v) is 11.3. The van der Waals surface area contributed by atoms with E-state index in [9.17, 15) is 9.59 Å². The van der Waals surface area contributed by atoms with Crippen LogP contribution in [0.3, 0.4) is 0 Å². The second-order valence-electron chi connectivity index (χ2n) is 4.85. The Balaban J connectivity index is 1.84. The van der Waals surface area contributed by atoms with E-state index in [4.69, 9.17) is 5.11 Å². The van der Waals surface area contributed by atoms with Crippen molar-refractivity contribution < 1.29 is 14.7 Å². The van der Waals surface area contributed by atoms with Crippen LogP contribution in [0.5, 0.6) is 0 Å². The minimum absolute atomic E-state index is 0.0835. The topological polar surface area (TPSA) is 60.9 Å². The number of carbonyl (C=O) groups is 2. The minimum Gasteiger partial charge on any atom is -0.480 e. The van der Waals surface area contributed by atoms with E-state index < -0.39 is 5.97 Å². The third kappa shape index (κ3) is 3.62. The molecule has 2 aliphatic rings. The van der Waals surface area contributed by atoms with Crippen LogP contribution in [-0.4, -0.2) is 70.5 Å². The highest BCUT2D eigenvalue weighted by Crippen LogP contribution is 2.28. The van der Waals surface area contributed by atoms with Gasteiger partial charge in [0.15, 0.2) is 0 Å². The molecule has 2 fully saturated rings. The van der Waals surface area contributed by atoms with Crippen molar-refractivity contribution in [3.63, 3.8) is 0 Å². The van der Waals surface area contributed by atoms with E-state index in [-0.39, 0.29) is 17.7 Å². The Morgan fingerprint density at radius 3 is 2.67 bits per heavy atom. The van der Waals surface area contributed by atoms with Gasteiger partial charge in [0.1, 0.15) is 0 Å². The molecule has 1 amide bonds. The number of rotatable bonds is 3. The summed E-state index contributed by atoms with van der Waals surface area (Å²) in [7, 11) is 0. The molecule has 1 N–H and O–H groups in total. The van der Waals surface area contributed by atoms with Gasteiger partial charge in [0.2, 0.25) is 5.91 Å². The number of aliphatic carboxylic acids is 1. The van der Waals surface area contributed by atoms with Gasteiger partial charge in [0.25, 0.3) is 0 Å². The molecule has 0 aromatic rings. The van der Waals surface area contributed by atoms with Crippen molar-refractivity contribution in [3.8, 4) is 0 Å². The summed E-state index contributed by atoms with van der Waals surface area (Å²) in [5, 5.41) is 8.93.